The Morgan fingerprint density at radius 3 is 2.27 bits per heavy atom. The van der Waals surface area contributed by atoms with Crippen molar-refractivity contribution in [2.24, 2.45) is 17.3 Å². The van der Waals surface area contributed by atoms with E-state index in [0.717, 1.165) is 32.2 Å². The van der Waals surface area contributed by atoms with Gasteiger partial charge in [-0.05, 0) is 128 Å². The van der Waals surface area contributed by atoms with Crippen molar-refractivity contribution in [1.29, 1.82) is 0 Å². The maximum Gasteiger partial charge on any atom is 0.302 e. The van der Waals surface area contributed by atoms with Crippen LogP contribution in [0.3, 0.4) is 0 Å². The highest BCUT2D eigenvalue weighted by Crippen LogP contribution is 2.61. The Kier molecular flexibility index (Phi) is 10.3. The summed E-state index contributed by atoms with van der Waals surface area (Å²) >= 11 is 0. The highest BCUT2D eigenvalue weighted by Gasteiger charge is 2.56. The van der Waals surface area contributed by atoms with Gasteiger partial charge < -0.3 is 14.7 Å². The molecule has 2 fully saturated rings. The fourth-order valence-electron chi connectivity index (χ4n) is 8.70. The van der Waals surface area contributed by atoms with E-state index in [1.165, 1.54) is 65.1 Å². The molecule has 0 bridgehead atoms. The number of esters is 1. The van der Waals surface area contributed by atoms with Crippen LogP contribution >= 0.6 is 12.4 Å². The van der Waals surface area contributed by atoms with Crippen LogP contribution in [0.1, 0.15) is 91.7 Å². The van der Waals surface area contributed by atoms with E-state index in [1.807, 2.05) is 12.1 Å². The Hall–Kier alpha value is -3.34. The van der Waals surface area contributed by atoms with Gasteiger partial charge in [0.1, 0.15) is 11.9 Å². The summed E-state index contributed by atoms with van der Waals surface area (Å²) in [5.41, 5.74) is 9.56. The molecule has 4 aliphatic carbocycles. The first-order valence-electron chi connectivity index (χ1n) is 16.5. The summed E-state index contributed by atoms with van der Waals surface area (Å²) in [6.07, 6.45) is 14.8. The maximum atomic E-state index is 11.4. The van der Waals surface area contributed by atoms with Crippen molar-refractivity contribution in [3.8, 4) is 5.75 Å². The van der Waals surface area contributed by atoms with Crippen LogP contribution in [0.25, 0.3) is 17.7 Å². The normalized spacial score (nSPS) is 25.6. The first kappa shape index (κ1) is 33.0. The van der Waals surface area contributed by atoms with E-state index >= 15 is 0 Å². The van der Waals surface area contributed by atoms with Crippen LogP contribution in [0.4, 0.5) is 0 Å². The molecule has 3 aromatic rings. The zero-order chi connectivity index (χ0) is 30.8. The summed E-state index contributed by atoms with van der Waals surface area (Å²) in [6, 6.07) is 23.2. The number of carbonyl (C=O) groups is 1. The van der Waals surface area contributed by atoms with Crippen molar-refractivity contribution >= 4 is 36.1 Å². The van der Waals surface area contributed by atoms with Crippen LogP contribution in [0.15, 0.2) is 72.8 Å². The molecule has 45 heavy (non-hydrogen) atoms. The van der Waals surface area contributed by atoms with Gasteiger partial charge in [-0.3, -0.25) is 4.79 Å². The average molecular weight is 626 g/mol. The molecule has 0 saturated heterocycles. The van der Waals surface area contributed by atoms with Gasteiger partial charge in [-0.25, -0.2) is 0 Å². The largest absolute Gasteiger partial charge is 0.508 e. The minimum Gasteiger partial charge on any atom is -0.508 e. The van der Waals surface area contributed by atoms with Crippen molar-refractivity contribution in [1.82, 2.24) is 4.90 Å². The predicted molar refractivity (Wildman–Crippen MR) is 188 cm³/mol. The van der Waals surface area contributed by atoms with Crippen molar-refractivity contribution in [2.75, 3.05) is 20.6 Å². The minimum atomic E-state index is -0.136. The standard InChI is InChI=1S/C20H21N.C20H26O3.ClH/c1-21(2)15-7-12-20-18-10-5-3-8-16(18)13-14-17-9-4-6-11-19(17)20;1-12(21)23-19-8-7-18-17-5-3-13-11-14(22)4-6-15(13)16(17)9-10-20(18,19)2;/h3-6,8-14H,7,15H2,1-2H3;4,6,11,16-19,22H,3,5,7-10H2,1-2H3;1H. The lowest BCUT2D eigenvalue weighted by Crippen LogP contribution is -2.45. The molecular weight excluding hydrogens is 578 g/mol. The fourth-order valence-corrected chi connectivity index (χ4v) is 8.70. The molecule has 0 aromatic heterocycles. The lowest BCUT2D eigenvalue weighted by Gasteiger charge is -2.50. The summed E-state index contributed by atoms with van der Waals surface area (Å²) in [5.74, 6) is 2.23. The quantitative estimate of drug-likeness (QED) is 0.230. The summed E-state index contributed by atoms with van der Waals surface area (Å²) in [6.45, 7) is 4.95. The molecule has 0 heterocycles. The Balaban J connectivity index is 0.000000175. The Bertz CT molecular complexity index is 1520. The second-order valence-corrected chi connectivity index (χ2v) is 13.7. The number of ether oxygens (including phenoxy) is 1. The number of aryl methyl sites for hydroxylation is 1. The molecule has 0 amide bonds. The van der Waals surface area contributed by atoms with Crippen LogP contribution in [-0.4, -0.2) is 42.7 Å². The number of aromatic hydroxyl groups is 1. The Morgan fingerprint density at radius 2 is 1.62 bits per heavy atom. The molecule has 1 N–H and O–H groups in total. The highest BCUT2D eigenvalue weighted by molar-refractivity contribution is 5.93. The number of carbonyl (C=O) groups excluding carboxylic acids is 1. The lowest BCUT2D eigenvalue weighted by molar-refractivity contribution is -0.154. The van der Waals surface area contributed by atoms with Gasteiger partial charge in [0, 0.05) is 18.9 Å². The van der Waals surface area contributed by atoms with Gasteiger partial charge in [-0.1, -0.05) is 79.7 Å². The van der Waals surface area contributed by atoms with Crippen molar-refractivity contribution in [2.45, 2.75) is 70.8 Å². The van der Waals surface area contributed by atoms with Gasteiger partial charge in [0.15, 0.2) is 0 Å². The number of benzene rings is 3. The second kappa shape index (κ2) is 14.0. The maximum absolute atomic E-state index is 11.4. The van der Waals surface area contributed by atoms with Crippen LogP contribution in [0.2, 0.25) is 0 Å². The zero-order valence-electron chi connectivity index (χ0n) is 27.2. The van der Waals surface area contributed by atoms with Crippen LogP contribution < -0.4 is 0 Å². The van der Waals surface area contributed by atoms with Gasteiger partial charge in [0.25, 0.3) is 0 Å². The first-order chi connectivity index (χ1) is 21.2. The summed E-state index contributed by atoms with van der Waals surface area (Å²) in [7, 11) is 4.24. The molecule has 7 rings (SSSR count). The van der Waals surface area contributed by atoms with Gasteiger partial charge in [-0.15, -0.1) is 12.4 Å². The number of phenols is 1. The Morgan fingerprint density at radius 1 is 0.956 bits per heavy atom. The number of phenolic OH excluding ortho intramolecular Hbond substituents is 1. The van der Waals surface area contributed by atoms with Crippen LogP contribution in [0, 0.1) is 17.3 Å². The van der Waals surface area contributed by atoms with E-state index in [-0.39, 0.29) is 29.9 Å². The van der Waals surface area contributed by atoms with Gasteiger partial charge in [0.2, 0.25) is 0 Å². The number of halogens is 1. The van der Waals surface area contributed by atoms with Crippen molar-refractivity contribution in [3.63, 3.8) is 0 Å². The zero-order valence-corrected chi connectivity index (χ0v) is 28.0. The minimum absolute atomic E-state index is 0. The molecule has 0 spiro atoms. The molecule has 5 unspecified atom stereocenters. The highest BCUT2D eigenvalue weighted by atomic mass is 35.5. The second-order valence-electron chi connectivity index (χ2n) is 13.7. The van der Waals surface area contributed by atoms with Crippen molar-refractivity contribution < 1.29 is 14.6 Å². The molecular formula is C40H48ClNO3. The third-order valence-electron chi connectivity index (χ3n) is 10.8. The van der Waals surface area contributed by atoms with Gasteiger partial charge in [-0.2, -0.15) is 0 Å². The van der Waals surface area contributed by atoms with Crippen molar-refractivity contribution in [3.05, 3.63) is 106 Å². The number of nitrogens with zero attached hydrogens (tertiary/aromatic N) is 1. The van der Waals surface area contributed by atoms with E-state index in [4.69, 9.17) is 4.74 Å². The van der Waals surface area contributed by atoms with Crippen LogP contribution in [-0.2, 0) is 16.0 Å². The SMILES string of the molecule is CC(=O)OC1CCC2C3CCc4cc(O)ccc4C3CCC12C.CN(C)CCC=C1c2ccccc2C=Cc2ccccc21.Cl. The third-order valence-corrected chi connectivity index (χ3v) is 10.8. The molecule has 0 aliphatic heterocycles. The molecule has 4 nitrogen and oxygen atoms in total. The average Bonchev–Trinajstić information content (AvgIpc) is 3.24. The number of fused-ring (bicyclic) bond motifs is 7. The monoisotopic (exact) mass is 625 g/mol. The third kappa shape index (κ3) is 6.78. The molecule has 5 atom stereocenters. The summed E-state index contributed by atoms with van der Waals surface area (Å²) in [5, 5.41) is 9.75. The Labute approximate surface area is 275 Å². The lowest BCUT2D eigenvalue weighted by atomic mass is 9.55. The molecule has 3 aromatic carbocycles. The van der Waals surface area contributed by atoms with E-state index in [0.29, 0.717) is 23.5 Å². The topological polar surface area (TPSA) is 49.8 Å². The summed E-state index contributed by atoms with van der Waals surface area (Å²) in [4.78, 5) is 13.7. The number of rotatable bonds is 4. The van der Waals surface area contributed by atoms with Crippen LogP contribution in [0.5, 0.6) is 5.75 Å². The van der Waals surface area contributed by atoms with Gasteiger partial charge >= 0.3 is 5.97 Å². The van der Waals surface area contributed by atoms with E-state index < -0.39 is 0 Å². The summed E-state index contributed by atoms with van der Waals surface area (Å²) < 4.78 is 5.68. The molecule has 0 radical (unpaired) electrons. The van der Waals surface area contributed by atoms with E-state index in [1.54, 1.807) is 0 Å². The van der Waals surface area contributed by atoms with E-state index in [2.05, 4.69) is 98.7 Å². The van der Waals surface area contributed by atoms with E-state index in [9.17, 15) is 9.90 Å². The predicted octanol–water partition coefficient (Wildman–Crippen LogP) is 9.16. The van der Waals surface area contributed by atoms with Gasteiger partial charge in [0.05, 0.1) is 0 Å². The fraction of sp³-hybridized carbons (Fsp3) is 0.425. The first-order valence-corrected chi connectivity index (χ1v) is 16.5. The molecule has 4 aliphatic rings. The molecule has 238 valence electrons. The number of hydrogen-bond donors (Lipinski definition) is 1. The molecule has 2 saturated carbocycles. The number of hydrogen-bond acceptors (Lipinski definition) is 4. The molecule has 5 heteroatoms. The smallest absolute Gasteiger partial charge is 0.302 e.